The summed E-state index contributed by atoms with van der Waals surface area (Å²) in [6.07, 6.45) is 14.0. The number of esters is 1. The molecule has 0 radical (unpaired) electrons. The van der Waals surface area contributed by atoms with Crippen LogP contribution in [-0.2, 0) is 33.9 Å². The number of carbonyl (C=O) groups excluding carboxylic acids is 2. The monoisotopic (exact) mass is 576 g/mol. The Labute approximate surface area is 245 Å². The highest BCUT2D eigenvalue weighted by Gasteiger charge is 2.66. The van der Waals surface area contributed by atoms with Crippen LogP contribution in [0.1, 0.15) is 124 Å². The van der Waals surface area contributed by atoms with Crippen LogP contribution in [0.4, 0.5) is 0 Å². The molecule has 41 heavy (non-hydrogen) atoms. The lowest BCUT2D eigenvalue weighted by Crippen LogP contribution is -2.62. The fraction of sp³-hybridized carbons (Fsp3) is 0.938. The van der Waals surface area contributed by atoms with Crippen molar-refractivity contribution in [2.45, 2.75) is 142 Å². The van der Waals surface area contributed by atoms with Crippen LogP contribution < -0.4 is 11.3 Å². The standard InChI is InChI=1S/C32H52N2O7/c1-20(8-13-28(36)34-33)24-11-12-25-23-10-9-22-19-32(40-38-31(39-41-32)14-6-5-7-15-31)17-16-29(22,3)26(23)18-27(30(24,25)4)37-21(2)35/h20,22-27H,5-19,33H2,1-4H3,(H,34,36)/t20-,22-,23+,24-,25+,26+,27+,29+,30-/m1/s1. The Morgan fingerprint density at radius 3 is 2.32 bits per heavy atom. The molecular weight excluding hydrogens is 524 g/mol. The molecule has 9 heteroatoms. The van der Waals surface area contributed by atoms with Crippen LogP contribution in [0.15, 0.2) is 0 Å². The molecule has 1 aliphatic heterocycles. The number of nitrogens with two attached hydrogens (primary N) is 1. The van der Waals surface area contributed by atoms with Crippen molar-refractivity contribution in [2.75, 3.05) is 0 Å². The van der Waals surface area contributed by atoms with Crippen molar-refractivity contribution in [2.24, 2.45) is 52.2 Å². The number of hydrogen-bond acceptors (Lipinski definition) is 8. The second-order valence-electron chi connectivity index (χ2n) is 15.0. The van der Waals surface area contributed by atoms with Crippen molar-refractivity contribution in [1.82, 2.24) is 5.43 Å². The molecule has 0 bridgehead atoms. The molecule has 5 saturated carbocycles. The first-order chi connectivity index (χ1) is 19.5. The second-order valence-corrected chi connectivity index (χ2v) is 15.0. The number of carbonyl (C=O) groups is 2. The maximum atomic E-state index is 12.5. The van der Waals surface area contributed by atoms with E-state index in [4.69, 9.17) is 30.1 Å². The summed E-state index contributed by atoms with van der Waals surface area (Å²) >= 11 is 0. The lowest BCUT2D eigenvalue weighted by Gasteiger charge is -2.63. The maximum absolute atomic E-state index is 12.5. The molecule has 0 unspecified atom stereocenters. The van der Waals surface area contributed by atoms with Crippen molar-refractivity contribution in [3.8, 4) is 0 Å². The van der Waals surface area contributed by atoms with Gasteiger partial charge in [0.1, 0.15) is 6.10 Å². The first kappa shape index (κ1) is 29.8. The SMILES string of the molecule is CC(=O)O[C@H]1C[C@H]2[C@@H](CC[C@@H]3CC4(CC[C@@]32C)OOC2(CCCCC2)OO4)[C@@H]2CC[C@H]([C@H](C)CCC(=O)NN)[C@@]12C. The average molecular weight is 577 g/mol. The van der Waals surface area contributed by atoms with E-state index < -0.39 is 11.6 Å². The highest BCUT2D eigenvalue weighted by molar-refractivity contribution is 5.75. The first-order valence-electron chi connectivity index (χ1n) is 16.4. The fourth-order valence-corrected chi connectivity index (χ4v) is 10.8. The predicted octanol–water partition coefficient (Wildman–Crippen LogP) is 5.86. The Bertz CT molecular complexity index is 991. The first-order valence-corrected chi connectivity index (χ1v) is 16.4. The van der Waals surface area contributed by atoms with Gasteiger partial charge in [-0.1, -0.05) is 27.2 Å². The van der Waals surface area contributed by atoms with E-state index in [-0.39, 0.29) is 28.8 Å². The van der Waals surface area contributed by atoms with Crippen molar-refractivity contribution in [3.63, 3.8) is 0 Å². The normalized spacial score (nSPS) is 43.4. The third kappa shape index (κ3) is 5.05. The number of fused-ring (bicyclic) bond motifs is 5. The third-order valence-corrected chi connectivity index (χ3v) is 13.1. The Balaban J connectivity index is 1.19. The van der Waals surface area contributed by atoms with Gasteiger partial charge in [0.05, 0.1) is 0 Å². The van der Waals surface area contributed by atoms with Gasteiger partial charge in [0.25, 0.3) is 0 Å². The van der Waals surface area contributed by atoms with Gasteiger partial charge >= 0.3 is 5.97 Å². The van der Waals surface area contributed by atoms with Gasteiger partial charge in [-0.2, -0.15) is 19.6 Å². The minimum absolute atomic E-state index is 0.0872. The summed E-state index contributed by atoms with van der Waals surface area (Å²) in [5.74, 6) is 6.27. The zero-order chi connectivity index (χ0) is 29.0. The molecule has 3 N–H and O–H groups in total. The molecule has 9 nitrogen and oxygen atoms in total. The highest BCUT2D eigenvalue weighted by atomic mass is 17.4. The van der Waals surface area contributed by atoms with Crippen molar-refractivity contribution in [3.05, 3.63) is 0 Å². The molecule has 9 atom stereocenters. The largest absolute Gasteiger partial charge is 0.462 e. The van der Waals surface area contributed by atoms with E-state index in [1.54, 1.807) is 6.92 Å². The van der Waals surface area contributed by atoms with Gasteiger partial charge in [-0.15, -0.1) is 0 Å². The Morgan fingerprint density at radius 2 is 1.63 bits per heavy atom. The molecule has 5 aliphatic carbocycles. The Kier molecular flexibility index (Phi) is 8.01. The van der Waals surface area contributed by atoms with Gasteiger partial charge in [0, 0.05) is 44.4 Å². The average Bonchev–Trinajstić information content (AvgIpc) is 3.33. The molecule has 6 aliphatic rings. The third-order valence-electron chi connectivity index (χ3n) is 13.1. The molecule has 2 spiro atoms. The minimum atomic E-state index is -0.831. The fourth-order valence-electron chi connectivity index (χ4n) is 10.8. The molecule has 0 aromatic rings. The zero-order valence-corrected chi connectivity index (χ0v) is 25.6. The molecule has 0 aromatic heterocycles. The summed E-state index contributed by atoms with van der Waals surface area (Å²) in [5, 5.41) is 0. The number of hydrogen-bond donors (Lipinski definition) is 2. The van der Waals surface area contributed by atoms with Gasteiger partial charge in [-0.25, -0.2) is 5.84 Å². The summed E-state index contributed by atoms with van der Waals surface area (Å²) in [5.41, 5.74) is 2.30. The van der Waals surface area contributed by atoms with E-state index in [2.05, 4.69) is 26.2 Å². The van der Waals surface area contributed by atoms with Gasteiger partial charge in [0.2, 0.25) is 17.5 Å². The Morgan fingerprint density at radius 1 is 0.927 bits per heavy atom. The lowest BCUT2D eigenvalue weighted by molar-refractivity contribution is -0.665. The molecule has 1 heterocycles. The van der Waals surface area contributed by atoms with Gasteiger partial charge < -0.3 is 4.74 Å². The molecule has 1 amide bonds. The van der Waals surface area contributed by atoms with Crippen LogP contribution in [0.5, 0.6) is 0 Å². The molecule has 0 aromatic carbocycles. The summed E-state index contributed by atoms with van der Waals surface area (Å²) < 4.78 is 6.25. The second kappa shape index (κ2) is 11.0. The van der Waals surface area contributed by atoms with Crippen LogP contribution in [0, 0.1) is 46.3 Å². The Hall–Kier alpha value is -1.26. The van der Waals surface area contributed by atoms with Crippen LogP contribution in [-0.4, -0.2) is 29.6 Å². The van der Waals surface area contributed by atoms with Crippen LogP contribution >= 0.6 is 0 Å². The topological polar surface area (TPSA) is 118 Å². The number of hydrazine groups is 1. The van der Waals surface area contributed by atoms with Gasteiger partial charge in [0.15, 0.2) is 0 Å². The maximum Gasteiger partial charge on any atom is 0.302 e. The predicted molar refractivity (Wildman–Crippen MR) is 150 cm³/mol. The van der Waals surface area contributed by atoms with Crippen molar-refractivity contribution in [1.29, 1.82) is 0 Å². The summed E-state index contributed by atoms with van der Waals surface area (Å²) in [6, 6.07) is 0. The molecule has 6 rings (SSSR count). The lowest BCUT2D eigenvalue weighted by atomic mass is 9.43. The van der Waals surface area contributed by atoms with E-state index in [1.807, 2.05) is 0 Å². The molecule has 1 saturated heterocycles. The highest BCUT2D eigenvalue weighted by Crippen LogP contribution is 2.70. The van der Waals surface area contributed by atoms with Crippen molar-refractivity contribution < 1.29 is 33.9 Å². The number of ether oxygens (including phenoxy) is 1. The van der Waals surface area contributed by atoms with Gasteiger partial charge in [-0.05, 0) is 98.7 Å². The van der Waals surface area contributed by atoms with E-state index in [1.165, 1.54) is 12.8 Å². The minimum Gasteiger partial charge on any atom is -0.462 e. The molecule has 232 valence electrons. The summed E-state index contributed by atoms with van der Waals surface area (Å²) in [4.78, 5) is 48.6. The number of nitrogens with one attached hydrogen (secondary N) is 1. The van der Waals surface area contributed by atoms with E-state index in [0.717, 1.165) is 77.0 Å². The summed E-state index contributed by atoms with van der Waals surface area (Å²) in [6.45, 7) is 8.69. The van der Waals surface area contributed by atoms with Crippen molar-refractivity contribution >= 4 is 11.9 Å². The smallest absolute Gasteiger partial charge is 0.302 e. The number of amides is 1. The van der Waals surface area contributed by atoms with Crippen LogP contribution in [0.3, 0.4) is 0 Å². The molecule has 6 fully saturated rings. The van der Waals surface area contributed by atoms with Crippen LogP contribution in [0.2, 0.25) is 0 Å². The van der Waals surface area contributed by atoms with Crippen LogP contribution in [0.25, 0.3) is 0 Å². The zero-order valence-electron chi connectivity index (χ0n) is 25.6. The summed E-state index contributed by atoms with van der Waals surface area (Å²) in [7, 11) is 0. The van der Waals surface area contributed by atoms with Gasteiger partial charge in [-0.3, -0.25) is 15.0 Å². The molecular formula is C32H52N2O7. The van der Waals surface area contributed by atoms with E-state index >= 15 is 0 Å². The number of rotatable bonds is 5. The van der Waals surface area contributed by atoms with E-state index in [9.17, 15) is 9.59 Å². The quantitative estimate of drug-likeness (QED) is 0.137. The van der Waals surface area contributed by atoms with E-state index in [0.29, 0.717) is 41.9 Å².